The molecule has 2 N–H and O–H groups in total. The van der Waals surface area contributed by atoms with Crippen LogP contribution in [0, 0.1) is 6.92 Å². The van der Waals surface area contributed by atoms with Gasteiger partial charge in [0.05, 0.1) is 32.5 Å². The van der Waals surface area contributed by atoms with Crippen molar-refractivity contribution in [3.63, 3.8) is 0 Å². The van der Waals surface area contributed by atoms with Gasteiger partial charge in [-0.25, -0.2) is 0 Å². The van der Waals surface area contributed by atoms with Crippen molar-refractivity contribution < 1.29 is 9.47 Å². The minimum Gasteiger partial charge on any atom is -0.379 e. The van der Waals surface area contributed by atoms with Gasteiger partial charge in [-0.3, -0.25) is 14.8 Å². The van der Waals surface area contributed by atoms with Crippen molar-refractivity contribution in [1.29, 1.82) is 0 Å². The lowest BCUT2D eigenvalue weighted by Gasteiger charge is -2.38. The summed E-state index contributed by atoms with van der Waals surface area (Å²) in [4.78, 5) is 12.2. The fourth-order valence-corrected chi connectivity index (χ4v) is 5.11. The van der Waals surface area contributed by atoms with Crippen molar-refractivity contribution in [3.8, 4) is 0 Å². The topological polar surface area (TPSA) is 61.4 Å². The maximum atomic E-state index is 5.56. The van der Waals surface area contributed by atoms with E-state index in [4.69, 9.17) is 9.47 Å². The van der Waals surface area contributed by atoms with Gasteiger partial charge in [-0.05, 0) is 32.9 Å². The van der Waals surface area contributed by atoms with E-state index in [1.807, 2.05) is 18.4 Å². The average Bonchev–Trinajstić information content (AvgIpc) is 3.17. The summed E-state index contributed by atoms with van der Waals surface area (Å²) in [5.41, 5.74) is 0. The molecule has 1 aromatic rings. The first-order valence-electron chi connectivity index (χ1n) is 10.7. The summed E-state index contributed by atoms with van der Waals surface area (Å²) in [6, 6.07) is 5.71. The molecule has 3 atom stereocenters. The molecule has 1 aromatic heterocycles. The third-order valence-electron chi connectivity index (χ3n) is 5.81. The van der Waals surface area contributed by atoms with Gasteiger partial charge in [0.1, 0.15) is 0 Å². The second kappa shape index (κ2) is 13.2. The summed E-state index contributed by atoms with van der Waals surface area (Å²) < 4.78 is 11.1. The first-order chi connectivity index (χ1) is 14.1. The van der Waals surface area contributed by atoms with Crippen molar-refractivity contribution in [2.75, 3.05) is 66.2 Å². The number of rotatable bonds is 7. The summed E-state index contributed by atoms with van der Waals surface area (Å²) in [5.74, 6) is 0.865. The summed E-state index contributed by atoms with van der Waals surface area (Å²) in [5, 5.41) is 7.08. The minimum absolute atomic E-state index is 0. The molecule has 0 aliphatic carbocycles. The highest BCUT2D eigenvalue weighted by Gasteiger charge is 2.25. The van der Waals surface area contributed by atoms with Crippen molar-refractivity contribution >= 4 is 41.3 Å². The lowest BCUT2D eigenvalue weighted by atomic mass is 10.2. The number of guanidine groups is 1. The number of aryl methyl sites for hydroxylation is 1. The van der Waals surface area contributed by atoms with Crippen LogP contribution < -0.4 is 10.6 Å². The number of hydrogen-bond acceptors (Lipinski definition) is 6. The van der Waals surface area contributed by atoms with E-state index in [0.29, 0.717) is 18.1 Å². The van der Waals surface area contributed by atoms with E-state index in [2.05, 4.69) is 58.3 Å². The zero-order valence-electron chi connectivity index (χ0n) is 18.7. The largest absolute Gasteiger partial charge is 0.379 e. The SMILES string of the molecule is CN=C(NCC(c1ccc(C)s1)N1CCOCC1)NCC(C)N1CCOCC1C.I. The zero-order chi connectivity index (χ0) is 20.6. The van der Waals surface area contributed by atoms with Gasteiger partial charge in [0, 0.05) is 61.6 Å². The fraction of sp³-hybridized carbons (Fsp3) is 0.762. The number of nitrogens with zero attached hydrogens (tertiary/aromatic N) is 3. The number of thiophene rings is 1. The first kappa shape index (κ1) is 25.8. The Bertz CT molecular complexity index is 653. The normalized spacial score (nSPS) is 23.5. The van der Waals surface area contributed by atoms with Crippen LogP contribution in [-0.2, 0) is 9.47 Å². The molecule has 2 fully saturated rings. The molecule has 0 bridgehead atoms. The monoisotopic (exact) mass is 551 g/mol. The Labute approximate surface area is 202 Å². The summed E-state index contributed by atoms with van der Waals surface area (Å²) in [6.07, 6.45) is 0. The molecule has 30 heavy (non-hydrogen) atoms. The maximum Gasteiger partial charge on any atom is 0.191 e. The molecule has 172 valence electrons. The van der Waals surface area contributed by atoms with E-state index >= 15 is 0 Å². The van der Waals surface area contributed by atoms with E-state index in [-0.39, 0.29) is 24.0 Å². The molecule has 3 rings (SSSR count). The van der Waals surface area contributed by atoms with Crippen LogP contribution in [0.2, 0.25) is 0 Å². The van der Waals surface area contributed by atoms with Gasteiger partial charge >= 0.3 is 0 Å². The molecule has 9 heteroatoms. The Hall–Kier alpha value is -0.460. The van der Waals surface area contributed by atoms with Crippen molar-refractivity contribution in [2.45, 2.75) is 38.9 Å². The van der Waals surface area contributed by atoms with Gasteiger partial charge in [0.2, 0.25) is 0 Å². The Morgan fingerprint density at radius 1 is 1.17 bits per heavy atom. The zero-order valence-corrected chi connectivity index (χ0v) is 21.9. The third kappa shape index (κ3) is 7.30. The number of morpholine rings is 2. The van der Waals surface area contributed by atoms with Crippen LogP contribution >= 0.6 is 35.3 Å². The predicted molar refractivity (Wildman–Crippen MR) is 135 cm³/mol. The molecule has 2 aliphatic heterocycles. The molecular formula is C21H38IN5O2S. The molecule has 0 spiro atoms. The Morgan fingerprint density at radius 2 is 1.87 bits per heavy atom. The predicted octanol–water partition coefficient (Wildman–Crippen LogP) is 2.32. The molecular weight excluding hydrogens is 513 g/mol. The Kier molecular flexibility index (Phi) is 11.3. The highest BCUT2D eigenvalue weighted by atomic mass is 127. The smallest absolute Gasteiger partial charge is 0.191 e. The number of ether oxygens (including phenoxy) is 2. The number of halogens is 1. The van der Waals surface area contributed by atoms with Gasteiger partial charge in [-0.2, -0.15) is 0 Å². The summed E-state index contributed by atoms with van der Waals surface area (Å²) in [6.45, 7) is 14.6. The Morgan fingerprint density at radius 3 is 2.50 bits per heavy atom. The summed E-state index contributed by atoms with van der Waals surface area (Å²) in [7, 11) is 1.84. The van der Waals surface area contributed by atoms with Gasteiger partial charge in [0.25, 0.3) is 0 Å². The van der Waals surface area contributed by atoms with Crippen LogP contribution in [-0.4, -0.2) is 94.0 Å². The number of nitrogens with one attached hydrogen (secondary N) is 2. The molecule has 0 saturated carbocycles. The number of hydrogen-bond donors (Lipinski definition) is 2. The minimum atomic E-state index is 0. The fourth-order valence-electron chi connectivity index (χ4n) is 4.10. The highest BCUT2D eigenvalue weighted by Crippen LogP contribution is 2.27. The molecule has 2 aliphatic rings. The lowest BCUT2D eigenvalue weighted by Crippen LogP contribution is -2.53. The summed E-state index contributed by atoms with van der Waals surface area (Å²) >= 11 is 1.88. The van der Waals surface area contributed by atoms with Crippen LogP contribution in [0.1, 0.15) is 29.6 Å². The van der Waals surface area contributed by atoms with Crippen LogP contribution in [0.15, 0.2) is 17.1 Å². The molecule has 2 saturated heterocycles. The van der Waals surface area contributed by atoms with E-state index in [9.17, 15) is 0 Å². The molecule has 3 unspecified atom stereocenters. The van der Waals surface area contributed by atoms with Crippen LogP contribution in [0.25, 0.3) is 0 Å². The Balaban J connectivity index is 0.00000320. The third-order valence-corrected chi connectivity index (χ3v) is 6.91. The van der Waals surface area contributed by atoms with Gasteiger partial charge in [0.15, 0.2) is 5.96 Å². The molecule has 0 radical (unpaired) electrons. The highest BCUT2D eigenvalue weighted by molar-refractivity contribution is 14.0. The van der Waals surface area contributed by atoms with Crippen molar-refractivity contribution in [2.24, 2.45) is 4.99 Å². The van der Waals surface area contributed by atoms with Crippen LogP contribution in [0.3, 0.4) is 0 Å². The van der Waals surface area contributed by atoms with E-state index < -0.39 is 0 Å². The van der Waals surface area contributed by atoms with Gasteiger partial charge in [-0.1, -0.05) is 0 Å². The van der Waals surface area contributed by atoms with Crippen molar-refractivity contribution in [1.82, 2.24) is 20.4 Å². The van der Waals surface area contributed by atoms with E-state index in [0.717, 1.165) is 65.1 Å². The standard InChI is InChI=1S/C21H37N5O2S.HI/c1-16(26-9-12-28-15-17(26)2)13-23-21(22-4)24-14-19(20-6-5-18(3)29-20)25-7-10-27-11-8-25;/h5-6,16-17,19H,7-15H2,1-4H3,(H2,22,23,24);1H. The second-order valence-corrected chi connectivity index (χ2v) is 9.28. The van der Waals surface area contributed by atoms with Gasteiger partial charge < -0.3 is 20.1 Å². The van der Waals surface area contributed by atoms with E-state index in [1.54, 1.807) is 0 Å². The van der Waals surface area contributed by atoms with Crippen LogP contribution in [0.4, 0.5) is 0 Å². The molecule has 7 nitrogen and oxygen atoms in total. The second-order valence-electron chi connectivity index (χ2n) is 7.96. The number of aliphatic imine (C=N–C) groups is 1. The molecule has 3 heterocycles. The molecule has 0 aromatic carbocycles. The average molecular weight is 552 g/mol. The quantitative estimate of drug-likeness (QED) is 0.308. The van der Waals surface area contributed by atoms with E-state index in [1.165, 1.54) is 9.75 Å². The van der Waals surface area contributed by atoms with Crippen LogP contribution in [0.5, 0.6) is 0 Å². The molecule has 0 amide bonds. The van der Waals surface area contributed by atoms with Gasteiger partial charge in [-0.15, -0.1) is 35.3 Å². The maximum absolute atomic E-state index is 5.56. The first-order valence-corrected chi connectivity index (χ1v) is 11.6. The lowest BCUT2D eigenvalue weighted by molar-refractivity contribution is -0.0174. The van der Waals surface area contributed by atoms with Crippen molar-refractivity contribution in [3.05, 3.63) is 21.9 Å².